The third-order valence-corrected chi connectivity index (χ3v) is 5.55. The molecular weight excluding hydrogens is 355 g/mol. The summed E-state index contributed by atoms with van der Waals surface area (Å²) in [5, 5.41) is 9.23. The first-order chi connectivity index (χ1) is 12.1. The van der Waals surface area contributed by atoms with Gasteiger partial charge in [0.1, 0.15) is 12.4 Å². The van der Waals surface area contributed by atoms with Crippen LogP contribution >= 0.6 is 22.7 Å². The molecule has 3 rings (SSSR count). The third kappa shape index (κ3) is 4.98. The Bertz CT molecular complexity index is 785. The first kappa shape index (κ1) is 17.8. The summed E-state index contributed by atoms with van der Waals surface area (Å²) in [5.41, 5.74) is 2.12. The lowest BCUT2D eigenvalue weighted by Crippen LogP contribution is -3.08. The molecule has 130 valence electrons. The van der Waals surface area contributed by atoms with Gasteiger partial charge in [-0.2, -0.15) is 11.3 Å². The van der Waals surface area contributed by atoms with Crippen molar-refractivity contribution >= 4 is 28.6 Å². The predicted molar refractivity (Wildman–Crippen MR) is 100 cm³/mol. The van der Waals surface area contributed by atoms with Gasteiger partial charge in [0.2, 0.25) is 0 Å². The Labute approximate surface area is 154 Å². The molecule has 1 aromatic carbocycles. The summed E-state index contributed by atoms with van der Waals surface area (Å²) in [6.45, 7) is 1.20. The van der Waals surface area contributed by atoms with Crippen LogP contribution in [0.1, 0.15) is 22.0 Å². The molecule has 0 aliphatic rings. The summed E-state index contributed by atoms with van der Waals surface area (Å²) < 4.78 is 13.2. The molecule has 6 heteroatoms. The van der Waals surface area contributed by atoms with Crippen LogP contribution in [0.2, 0.25) is 0 Å². The zero-order valence-electron chi connectivity index (χ0n) is 13.9. The maximum atomic E-state index is 13.2. The minimum absolute atomic E-state index is 0.0181. The summed E-state index contributed by atoms with van der Waals surface area (Å²) in [7, 11) is 2.01. The number of hydrogen-bond donors (Lipinski definition) is 2. The monoisotopic (exact) mass is 375 g/mol. The molecule has 0 aliphatic heterocycles. The van der Waals surface area contributed by atoms with Gasteiger partial charge in [0.15, 0.2) is 6.54 Å². The lowest BCUT2D eigenvalue weighted by atomic mass is 10.1. The number of halogens is 1. The van der Waals surface area contributed by atoms with Crippen molar-refractivity contribution in [1.82, 2.24) is 5.32 Å². The molecule has 2 N–H and O–H groups in total. The van der Waals surface area contributed by atoms with E-state index in [1.165, 1.54) is 17.7 Å². The first-order valence-corrected chi connectivity index (χ1v) is 9.84. The molecule has 0 bridgehead atoms. The predicted octanol–water partition coefficient (Wildman–Crippen LogP) is 2.87. The van der Waals surface area contributed by atoms with Crippen molar-refractivity contribution in [3.05, 3.63) is 80.4 Å². The van der Waals surface area contributed by atoms with Gasteiger partial charge >= 0.3 is 0 Å². The third-order valence-electron chi connectivity index (χ3n) is 3.88. The van der Waals surface area contributed by atoms with E-state index in [0.29, 0.717) is 6.54 Å². The van der Waals surface area contributed by atoms with Crippen LogP contribution in [0, 0.1) is 5.82 Å². The highest BCUT2D eigenvalue weighted by Crippen LogP contribution is 2.26. The molecule has 0 radical (unpaired) electrons. The Morgan fingerprint density at radius 2 is 2.00 bits per heavy atom. The molecule has 2 atom stereocenters. The number of thiophene rings is 2. The molecule has 3 aromatic rings. The number of quaternary nitrogens is 1. The highest BCUT2D eigenvalue weighted by molar-refractivity contribution is 7.10. The average Bonchev–Trinajstić information content (AvgIpc) is 3.27. The van der Waals surface area contributed by atoms with Crippen LogP contribution in [-0.4, -0.2) is 19.5 Å². The summed E-state index contributed by atoms with van der Waals surface area (Å²) in [4.78, 5) is 14.7. The minimum atomic E-state index is -0.278. The Morgan fingerprint density at radius 1 is 1.20 bits per heavy atom. The van der Waals surface area contributed by atoms with Crippen LogP contribution in [0.5, 0.6) is 0 Å². The molecule has 0 spiro atoms. The molecule has 0 fully saturated rings. The Morgan fingerprint density at radius 3 is 2.64 bits per heavy atom. The largest absolute Gasteiger partial charge is 0.339 e. The van der Waals surface area contributed by atoms with E-state index in [1.807, 2.05) is 29.9 Å². The van der Waals surface area contributed by atoms with E-state index in [9.17, 15) is 9.18 Å². The van der Waals surface area contributed by atoms with Crippen LogP contribution < -0.4 is 10.2 Å². The minimum Gasteiger partial charge on any atom is -0.339 e. The Kier molecular flexibility index (Phi) is 5.96. The Balaban J connectivity index is 1.67. The highest BCUT2D eigenvalue weighted by atomic mass is 32.1. The number of carbonyl (C=O) groups is 1. The van der Waals surface area contributed by atoms with Gasteiger partial charge in [0.25, 0.3) is 5.91 Å². The van der Waals surface area contributed by atoms with E-state index in [0.717, 1.165) is 21.9 Å². The molecule has 2 aromatic heterocycles. The maximum Gasteiger partial charge on any atom is 0.275 e. The average molecular weight is 376 g/mol. The fraction of sp³-hybridized carbons (Fsp3) is 0.211. The van der Waals surface area contributed by atoms with Crippen molar-refractivity contribution in [2.24, 2.45) is 0 Å². The standard InChI is InChI=1S/C19H19FN2OS2/c1-22(11-14-8-10-24-13-14)12-18(23)21-19(17-3-2-9-25-17)15-4-6-16(20)7-5-15/h2-10,13,19H,11-12H2,1H3,(H,21,23)/p+1/t19-/m0/s1. The van der Waals surface area contributed by atoms with E-state index in [2.05, 4.69) is 16.8 Å². The normalized spacial score (nSPS) is 13.4. The van der Waals surface area contributed by atoms with Gasteiger partial charge in [-0.05, 0) is 46.0 Å². The van der Waals surface area contributed by atoms with Gasteiger partial charge < -0.3 is 10.2 Å². The van der Waals surface area contributed by atoms with Crippen molar-refractivity contribution < 1.29 is 14.1 Å². The topological polar surface area (TPSA) is 33.5 Å². The lowest BCUT2D eigenvalue weighted by molar-refractivity contribution is -0.885. The van der Waals surface area contributed by atoms with Gasteiger partial charge in [0, 0.05) is 10.4 Å². The van der Waals surface area contributed by atoms with Gasteiger partial charge in [-0.1, -0.05) is 18.2 Å². The number of nitrogens with one attached hydrogen (secondary N) is 2. The van der Waals surface area contributed by atoms with Crippen LogP contribution in [0.4, 0.5) is 4.39 Å². The Hall–Kier alpha value is -2.02. The van der Waals surface area contributed by atoms with Crippen molar-refractivity contribution in [2.45, 2.75) is 12.6 Å². The second-order valence-corrected chi connectivity index (χ2v) is 7.77. The van der Waals surface area contributed by atoms with Crippen molar-refractivity contribution in [2.75, 3.05) is 13.6 Å². The number of amides is 1. The van der Waals surface area contributed by atoms with Gasteiger partial charge in [-0.3, -0.25) is 4.79 Å². The molecule has 0 aliphatic carbocycles. The van der Waals surface area contributed by atoms with Crippen molar-refractivity contribution in [3.8, 4) is 0 Å². The summed E-state index contributed by atoms with van der Waals surface area (Å²) in [6, 6.07) is 12.1. The number of likely N-dealkylation sites (N-methyl/N-ethyl adjacent to an activating group) is 1. The zero-order valence-corrected chi connectivity index (χ0v) is 15.5. The molecule has 0 saturated heterocycles. The van der Waals surface area contributed by atoms with Gasteiger partial charge in [-0.15, -0.1) is 11.3 Å². The summed E-state index contributed by atoms with van der Waals surface area (Å²) in [5.74, 6) is -0.296. The van der Waals surface area contributed by atoms with Crippen LogP contribution in [0.15, 0.2) is 58.6 Å². The number of rotatable bonds is 7. The molecular formula is C19H20FN2OS2+. The maximum absolute atomic E-state index is 13.2. The van der Waals surface area contributed by atoms with Crippen LogP contribution in [0.3, 0.4) is 0 Å². The zero-order chi connectivity index (χ0) is 17.6. The van der Waals surface area contributed by atoms with Gasteiger partial charge in [-0.25, -0.2) is 4.39 Å². The molecule has 0 saturated carbocycles. The second-order valence-electron chi connectivity index (χ2n) is 6.01. The van der Waals surface area contributed by atoms with Crippen LogP contribution in [-0.2, 0) is 11.3 Å². The fourth-order valence-corrected chi connectivity index (χ4v) is 4.19. The quantitative estimate of drug-likeness (QED) is 0.654. The summed E-state index contributed by atoms with van der Waals surface area (Å²) >= 11 is 3.25. The second kappa shape index (κ2) is 8.38. The fourth-order valence-electron chi connectivity index (χ4n) is 2.72. The molecule has 1 unspecified atom stereocenters. The van der Waals surface area contributed by atoms with Crippen LogP contribution in [0.25, 0.3) is 0 Å². The lowest BCUT2D eigenvalue weighted by Gasteiger charge is -2.20. The molecule has 1 amide bonds. The highest BCUT2D eigenvalue weighted by Gasteiger charge is 2.20. The summed E-state index contributed by atoms with van der Waals surface area (Å²) in [6.07, 6.45) is 0. The van der Waals surface area contributed by atoms with E-state index in [1.54, 1.807) is 34.8 Å². The number of hydrogen-bond acceptors (Lipinski definition) is 3. The SMILES string of the molecule is C[NH+](CC(=O)N[C@@H](c1ccc(F)cc1)c1cccs1)Cc1ccsc1. The molecule has 2 heterocycles. The van der Waals surface area contributed by atoms with Crippen molar-refractivity contribution in [3.63, 3.8) is 0 Å². The van der Waals surface area contributed by atoms with E-state index < -0.39 is 0 Å². The van der Waals surface area contributed by atoms with E-state index in [-0.39, 0.29) is 17.8 Å². The molecule has 25 heavy (non-hydrogen) atoms. The number of carbonyl (C=O) groups excluding carboxylic acids is 1. The molecule has 3 nitrogen and oxygen atoms in total. The van der Waals surface area contributed by atoms with E-state index >= 15 is 0 Å². The van der Waals surface area contributed by atoms with Crippen molar-refractivity contribution in [1.29, 1.82) is 0 Å². The smallest absolute Gasteiger partial charge is 0.275 e. The van der Waals surface area contributed by atoms with E-state index in [4.69, 9.17) is 0 Å². The number of benzene rings is 1. The van der Waals surface area contributed by atoms with Gasteiger partial charge in [0.05, 0.1) is 13.1 Å². The first-order valence-electron chi connectivity index (χ1n) is 8.02.